The predicted molar refractivity (Wildman–Crippen MR) is 62.4 cm³/mol. The minimum atomic E-state index is -0.162. The summed E-state index contributed by atoms with van der Waals surface area (Å²) in [5, 5.41) is 2.72. The molecule has 0 unspecified atom stereocenters. The highest BCUT2D eigenvalue weighted by Gasteiger charge is 2.15. The molecule has 0 spiro atoms. The van der Waals surface area contributed by atoms with Crippen LogP contribution in [-0.2, 0) is 0 Å². The van der Waals surface area contributed by atoms with Crippen molar-refractivity contribution in [2.75, 3.05) is 7.11 Å². The zero-order valence-electron chi connectivity index (χ0n) is 9.01. The van der Waals surface area contributed by atoms with Gasteiger partial charge in [-0.05, 0) is 11.6 Å². The van der Waals surface area contributed by atoms with Crippen LogP contribution in [0.5, 0.6) is 5.95 Å². The molecule has 1 atom stereocenters. The van der Waals surface area contributed by atoms with Crippen LogP contribution >= 0.6 is 0 Å². The smallest absolute Gasteiger partial charge is 0.284 e. The topological polar surface area (TPSA) is 34.4 Å². The highest BCUT2D eigenvalue weighted by Crippen LogP contribution is 2.26. The summed E-state index contributed by atoms with van der Waals surface area (Å²) < 4.78 is 10.5. The van der Waals surface area contributed by atoms with Crippen molar-refractivity contribution < 1.29 is 9.15 Å². The highest BCUT2D eigenvalue weighted by atomic mass is 16.6. The lowest BCUT2D eigenvalue weighted by atomic mass is 10.0. The first-order chi connectivity index (χ1) is 7.85. The van der Waals surface area contributed by atoms with Crippen molar-refractivity contribution in [2.45, 2.75) is 6.04 Å². The van der Waals surface area contributed by atoms with Crippen LogP contribution in [-0.4, -0.2) is 15.1 Å². The number of methoxy groups -OCH3 is 1. The third-order valence-corrected chi connectivity index (χ3v) is 2.39. The first-order valence-electron chi connectivity index (χ1n) is 5.00. The van der Waals surface area contributed by atoms with Crippen LogP contribution in [0.3, 0.4) is 0 Å². The Morgan fingerprint density at radius 2 is 1.94 bits per heavy atom. The first kappa shape index (κ1) is 10.8. The fourth-order valence-electron chi connectivity index (χ4n) is 1.59. The first-order valence-corrected chi connectivity index (χ1v) is 5.00. The molecule has 4 heteroatoms. The minimum absolute atomic E-state index is 0.162. The average molecular weight is 213 g/mol. The Morgan fingerprint density at radius 3 is 2.50 bits per heavy atom. The summed E-state index contributed by atoms with van der Waals surface area (Å²) in [4.78, 5) is 0. The van der Waals surface area contributed by atoms with Gasteiger partial charge in [-0.15, -0.1) is 0 Å². The summed E-state index contributed by atoms with van der Waals surface area (Å²) in [6.07, 6.45) is 0. The average Bonchev–Trinajstić information content (AvgIpc) is 2.80. The maximum atomic E-state index is 5.54. The lowest BCUT2D eigenvalue weighted by Crippen LogP contribution is -2.18. The minimum Gasteiger partial charge on any atom is -0.468 e. The highest BCUT2D eigenvalue weighted by molar-refractivity contribution is 6.04. The molecule has 2 rings (SSSR count). The summed E-state index contributed by atoms with van der Waals surface area (Å²) >= 11 is 0. The van der Waals surface area contributed by atoms with Gasteiger partial charge in [0.2, 0.25) is 0 Å². The van der Waals surface area contributed by atoms with Crippen LogP contribution in [0.25, 0.3) is 0 Å². The molecule has 1 N–H and O–H groups in total. The Labute approximate surface area is 95.9 Å². The summed E-state index contributed by atoms with van der Waals surface area (Å²) in [6, 6.07) is 13.3. The van der Waals surface area contributed by atoms with E-state index < -0.39 is 0 Å². The summed E-state index contributed by atoms with van der Waals surface area (Å²) in [5.74, 6) is 1.21. The summed E-state index contributed by atoms with van der Waals surface area (Å²) in [7, 11) is 7.10. The van der Waals surface area contributed by atoms with E-state index in [2.05, 4.69) is 5.23 Å². The van der Waals surface area contributed by atoms with Gasteiger partial charge in [-0.3, -0.25) is 0 Å². The van der Waals surface area contributed by atoms with Gasteiger partial charge in [-0.25, -0.2) is 0 Å². The number of ether oxygens (including phenoxy) is 1. The molecule has 0 saturated heterocycles. The van der Waals surface area contributed by atoms with Crippen LogP contribution in [0, 0.1) is 0 Å². The molecule has 1 heterocycles. The Bertz CT molecular complexity index is 441. The molecular formula is C12H12BNO2. The monoisotopic (exact) mass is 213 g/mol. The Balaban J connectivity index is 2.29. The van der Waals surface area contributed by atoms with Crippen molar-refractivity contribution in [3.8, 4) is 5.95 Å². The van der Waals surface area contributed by atoms with Crippen molar-refractivity contribution in [1.82, 2.24) is 5.23 Å². The van der Waals surface area contributed by atoms with E-state index in [1.54, 1.807) is 13.2 Å². The number of benzene rings is 1. The van der Waals surface area contributed by atoms with Crippen LogP contribution in [0.4, 0.5) is 0 Å². The predicted octanol–water partition coefficient (Wildman–Crippen LogP) is 2.05. The summed E-state index contributed by atoms with van der Waals surface area (Å²) in [6.45, 7) is 0. The Morgan fingerprint density at radius 1 is 1.19 bits per heavy atom. The fourth-order valence-corrected chi connectivity index (χ4v) is 1.59. The van der Waals surface area contributed by atoms with Crippen molar-refractivity contribution >= 4 is 7.98 Å². The molecule has 0 saturated carbocycles. The molecule has 0 aliphatic heterocycles. The van der Waals surface area contributed by atoms with Crippen molar-refractivity contribution in [3.63, 3.8) is 0 Å². The number of hydrogen-bond donors (Lipinski definition) is 1. The lowest BCUT2D eigenvalue weighted by Gasteiger charge is -2.13. The molecule has 1 aromatic carbocycles. The van der Waals surface area contributed by atoms with Crippen molar-refractivity contribution in [3.05, 3.63) is 53.8 Å². The van der Waals surface area contributed by atoms with Gasteiger partial charge in [-0.2, -0.15) is 0 Å². The zero-order valence-corrected chi connectivity index (χ0v) is 9.01. The second-order valence-electron chi connectivity index (χ2n) is 3.37. The Kier molecular flexibility index (Phi) is 3.32. The standard InChI is InChI=1S/C12H12BNO2/c1-15-11-8-7-10(16-11)12(14-13)9-5-3-2-4-6-9/h2-8,12,14H,1H3/t12-/m0/s1. The van der Waals surface area contributed by atoms with E-state index >= 15 is 0 Å². The van der Waals surface area contributed by atoms with E-state index in [0.29, 0.717) is 5.95 Å². The molecule has 16 heavy (non-hydrogen) atoms. The second kappa shape index (κ2) is 4.90. The van der Waals surface area contributed by atoms with Gasteiger partial charge >= 0.3 is 0 Å². The van der Waals surface area contributed by atoms with Gasteiger partial charge in [0.15, 0.2) is 7.98 Å². The van der Waals surface area contributed by atoms with Gasteiger partial charge in [-0.1, -0.05) is 30.3 Å². The molecule has 3 nitrogen and oxygen atoms in total. The van der Waals surface area contributed by atoms with Gasteiger partial charge in [0.05, 0.1) is 13.2 Å². The van der Waals surface area contributed by atoms with E-state index in [-0.39, 0.29) is 6.04 Å². The van der Waals surface area contributed by atoms with E-state index in [1.165, 1.54) is 0 Å². The molecule has 80 valence electrons. The van der Waals surface area contributed by atoms with E-state index in [0.717, 1.165) is 11.3 Å². The number of rotatable bonds is 4. The van der Waals surface area contributed by atoms with E-state index in [9.17, 15) is 0 Å². The fraction of sp³-hybridized carbons (Fsp3) is 0.167. The van der Waals surface area contributed by atoms with Gasteiger partial charge in [0, 0.05) is 6.07 Å². The maximum Gasteiger partial charge on any atom is 0.284 e. The molecule has 0 fully saturated rings. The molecule has 2 radical (unpaired) electrons. The number of nitrogens with one attached hydrogen (secondary N) is 1. The third kappa shape index (κ3) is 2.12. The zero-order chi connectivity index (χ0) is 11.4. The van der Waals surface area contributed by atoms with Crippen LogP contribution < -0.4 is 9.96 Å². The van der Waals surface area contributed by atoms with E-state index in [1.807, 2.05) is 36.4 Å². The number of hydrogen-bond acceptors (Lipinski definition) is 3. The van der Waals surface area contributed by atoms with Gasteiger partial charge in [0.1, 0.15) is 5.76 Å². The van der Waals surface area contributed by atoms with Crippen LogP contribution in [0.2, 0.25) is 0 Å². The molecular weight excluding hydrogens is 201 g/mol. The molecule has 1 aromatic heterocycles. The number of furan rings is 1. The second-order valence-corrected chi connectivity index (χ2v) is 3.37. The van der Waals surface area contributed by atoms with Gasteiger partial charge < -0.3 is 14.4 Å². The third-order valence-electron chi connectivity index (χ3n) is 2.39. The van der Waals surface area contributed by atoms with Crippen LogP contribution in [0.15, 0.2) is 46.9 Å². The maximum absolute atomic E-state index is 5.54. The lowest BCUT2D eigenvalue weighted by molar-refractivity contribution is 0.290. The Hall–Kier alpha value is -1.68. The molecule has 0 amide bonds. The SMILES string of the molecule is [B]N[C@@H](c1ccccc1)c1ccc(OC)o1. The quantitative estimate of drug-likeness (QED) is 0.789. The normalized spacial score (nSPS) is 12.3. The van der Waals surface area contributed by atoms with E-state index in [4.69, 9.17) is 17.1 Å². The molecule has 2 aromatic rings. The van der Waals surface area contributed by atoms with Crippen molar-refractivity contribution in [1.29, 1.82) is 0 Å². The van der Waals surface area contributed by atoms with Gasteiger partial charge in [0.25, 0.3) is 5.95 Å². The van der Waals surface area contributed by atoms with Crippen molar-refractivity contribution in [2.24, 2.45) is 0 Å². The van der Waals surface area contributed by atoms with Crippen LogP contribution in [0.1, 0.15) is 17.4 Å². The summed E-state index contributed by atoms with van der Waals surface area (Å²) in [5.41, 5.74) is 1.04. The largest absolute Gasteiger partial charge is 0.468 e. The molecule has 0 bridgehead atoms. The molecule has 0 aliphatic rings. The molecule has 0 aliphatic carbocycles.